The Morgan fingerprint density at radius 2 is 2.36 bits per heavy atom. The van der Waals surface area contributed by atoms with Gasteiger partial charge in [-0.25, -0.2) is 9.18 Å². The lowest BCUT2D eigenvalue weighted by Gasteiger charge is -1.95. The predicted octanol–water partition coefficient (Wildman–Crippen LogP) is 1.37. The molecular formula is C10H6FNO2. The molecule has 0 saturated carbocycles. The second-order valence-corrected chi connectivity index (χ2v) is 2.74. The Morgan fingerprint density at radius 3 is 3.07 bits per heavy atom. The van der Waals surface area contributed by atoms with Gasteiger partial charge in [-0.2, -0.15) is 0 Å². The third-order valence-corrected chi connectivity index (χ3v) is 1.89. The molecule has 0 aliphatic carbocycles. The highest BCUT2D eigenvalue weighted by molar-refractivity contribution is 5.73. The molecule has 14 heavy (non-hydrogen) atoms. The molecule has 0 bridgehead atoms. The fraction of sp³-hybridized carbons (Fsp3) is 0.100. The average Bonchev–Trinajstić information content (AvgIpc) is 2.45. The summed E-state index contributed by atoms with van der Waals surface area (Å²) in [5, 5.41) is 0. The summed E-state index contributed by atoms with van der Waals surface area (Å²) in [5.41, 5.74) is 0.334. The first-order chi connectivity index (χ1) is 6.74. The van der Waals surface area contributed by atoms with Crippen LogP contribution in [0.25, 0.3) is 11.1 Å². The lowest BCUT2D eigenvalue weighted by molar-refractivity contribution is 0.521. The highest BCUT2D eigenvalue weighted by atomic mass is 19.1. The quantitative estimate of drug-likeness (QED) is 0.638. The molecule has 0 N–H and O–H groups in total. The first-order valence-corrected chi connectivity index (χ1v) is 3.95. The van der Waals surface area contributed by atoms with E-state index in [4.69, 9.17) is 10.8 Å². The van der Waals surface area contributed by atoms with Crippen LogP contribution in [0.4, 0.5) is 4.39 Å². The maximum atomic E-state index is 13.3. The number of halogens is 1. The minimum atomic E-state index is -0.636. The summed E-state index contributed by atoms with van der Waals surface area (Å²) < 4.78 is 19.2. The summed E-state index contributed by atoms with van der Waals surface area (Å²) in [7, 11) is 0. The van der Waals surface area contributed by atoms with Gasteiger partial charge in [-0.05, 0) is 12.1 Å². The second kappa shape index (κ2) is 3.04. The van der Waals surface area contributed by atoms with Crippen molar-refractivity contribution in [3.8, 4) is 12.3 Å². The summed E-state index contributed by atoms with van der Waals surface area (Å²) >= 11 is 0. The standard InChI is InChI=1S/C10H6FNO2/c1-2-6-12-9-7(11)4-3-5-8(9)14-10(12)13/h1,3-5H,6H2. The molecule has 1 aromatic carbocycles. The predicted molar refractivity (Wildman–Crippen MR) is 49.3 cm³/mol. The molecule has 0 amide bonds. The minimum absolute atomic E-state index is 0.00671. The first kappa shape index (κ1) is 8.57. The highest BCUT2D eigenvalue weighted by Gasteiger charge is 2.11. The lowest BCUT2D eigenvalue weighted by atomic mass is 10.3. The maximum absolute atomic E-state index is 13.3. The van der Waals surface area contributed by atoms with E-state index in [0.29, 0.717) is 0 Å². The number of terminal acetylenes is 1. The van der Waals surface area contributed by atoms with E-state index in [2.05, 4.69) is 5.92 Å². The van der Waals surface area contributed by atoms with E-state index in [1.165, 1.54) is 18.2 Å². The lowest BCUT2D eigenvalue weighted by Crippen LogP contribution is -2.13. The average molecular weight is 191 g/mol. The molecule has 4 heteroatoms. The molecule has 0 atom stereocenters. The number of oxazole rings is 1. The number of rotatable bonds is 1. The number of fused-ring (bicyclic) bond motifs is 1. The van der Waals surface area contributed by atoms with Crippen molar-refractivity contribution in [2.24, 2.45) is 0 Å². The summed E-state index contributed by atoms with van der Waals surface area (Å²) in [6.07, 6.45) is 5.06. The van der Waals surface area contributed by atoms with Gasteiger partial charge in [0.1, 0.15) is 5.52 Å². The van der Waals surface area contributed by atoms with E-state index in [-0.39, 0.29) is 17.6 Å². The summed E-state index contributed by atoms with van der Waals surface area (Å²) in [6, 6.07) is 4.25. The van der Waals surface area contributed by atoms with E-state index in [0.717, 1.165) is 4.57 Å². The van der Waals surface area contributed by atoms with Crippen molar-refractivity contribution in [3.63, 3.8) is 0 Å². The Balaban J connectivity index is 2.88. The fourth-order valence-corrected chi connectivity index (χ4v) is 1.32. The molecule has 70 valence electrons. The number of hydrogen-bond acceptors (Lipinski definition) is 2. The van der Waals surface area contributed by atoms with Crippen LogP contribution in [0.1, 0.15) is 0 Å². The van der Waals surface area contributed by atoms with Crippen LogP contribution in [-0.2, 0) is 6.54 Å². The number of aromatic nitrogens is 1. The number of hydrogen-bond donors (Lipinski definition) is 0. The zero-order chi connectivity index (χ0) is 10.1. The first-order valence-electron chi connectivity index (χ1n) is 3.95. The Labute approximate surface area is 78.8 Å². The second-order valence-electron chi connectivity index (χ2n) is 2.74. The molecule has 0 aliphatic heterocycles. The van der Waals surface area contributed by atoms with Crippen molar-refractivity contribution in [1.82, 2.24) is 4.57 Å². The third-order valence-electron chi connectivity index (χ3n) is 1.89. The van der Waals surface area contributed by atoms with Crippen LogP contribution >= 0.6 is 0 Å². The SMILES string of the molecule is C#CCn1c(=O)oc2cccc(F)c21. The van der Waals surface area contributed by atoms with E-state index in [1.807, 2.05) is 0 Å². The Hall–Kier alpha value is -2.02. The molecular weight excluding hydrogens is 185 g/mol. The van der Waals surface area contributed by atoms with Crippen LogP contribution in [0, 0.1) is 18.2 Å². The van der Waals surface area contributed by atoms with Crippen LogP contribution in [-0.4, -0.2) is 4.57 Å². The van der Waals surface area contributed by atoms with Crippen molar-refractivity contribution >= 4 is 11.1 Å². The maximum Gasteiger partial charge on any atom is 0.420 e. The largest absolute Gasteiger partial charge is 0.420 e. The minimum Gasteiger partial charge on any atom is -0.408 e. The van der Waals surface area contributed by atoms with E-state index in [1.54, 1.807) is 0 Å². The van der Waals surface area contributed by atoms with Gasteiger partial charge >= 0.3 is 5.76 Å². The molecule has 2 aromatic rings. The molecule has 0 spiro atoms. The van der Waals surface area contributed by atoms with Gasteiger partial charge in [0.05, 0.1) is 6.54 Å². The van der Waals surface area contributed by atoms with Crippen molar-refractivity contribution in [3.05, 3.63) is 34.6 Å². The van der Waals surface area contributed by atoms with Crippen molar-refractivity contribution < 1.29 is 8.81 Å². The van der Waals surface area contributed by atoms with Crippen molar-refractivity contribution in [2.45, 2.75) is 6.54 Å². The Kier molecular flexibility index (Phi) is 1.86. The summed E-state index contributed by atoms with van der Waals surface area (Å²) in [4.78, 5) is 11.2. The molecule has 0 unspecified atom stereocenters. The molecule has 2 rings (SSSR count). The van der Waals surface area contributed by atoms with Gasteiger partial charge in [0, 0.05) is 0 Å². The molecule has 1 heterocycles. The zero-order valence-electron chi connectivity index (χ0n) is 7.16. The van der Waals surface area contributed by atoms with Crippen LogP contribution in [0.3, 0.4) is 0 Å². The Bertz CT molecular complexity index is 574. The summed E-state index contributed by atoms with van der Waals surface area (Å²) in [6.45, 7) is 0.00671. The highest BCUT2D eigenvalue weighted by Crippen LogP contribution is 2.15. The van der Waals surface area contributed by atoms with Crippen molar-refractivity contribution in [2.75, 3.05) is 0 Å². The monoisotopic (exact) mass is 191 g/mol. The van der Waals surface area contributed by atoms with Crippen LogP contribution in [0.15, 0.2) is 27.4 Å². The van der Waals surface area contributed by atoms with Gasteiger partial charge in [-0.3, -0.25) is 4.57 Å². The van der Waals surface area contributed by atoms with Gasteiger partial charge in [0.15, 0.2) is 11.4 Å². The molecule has 1 aromatic heterocycles. The van der Waals surface area contributed by atoms with Gasteiger partial charge in [0.2, 0.25) is 0 Å². The normalized spacial score (nSPS) is 10.3. The van der Waals surface area contributed by atoms with Gasteiger partial charge in [0.25, 0.3) is 0 Å². The third kappa shape index (κ3) is 1.11. The topological polar surface area (TPSA) is 35.1 Å². The molecule has 0 fully saturated rings. The molecule has 3 nitrogen and oxygen atoms in total. The molecule has 0 radical (unpaired) electrons. The number of benzene rings is 1. The van der Waals surface area contributed by atoms with E-state index in [9.17, 15) is 9.18 Å². The van der Waals surface area contributed by atoms with Crippen LogP contribution in [0.2, 0.25) is 0 Å². The summed E-state index contributed by atoms with van der Waals surface area (Å²) in [5.74, 6) is 1.12. The van der Waals surface area contributed by atoms with Gasteiger partial charge in [-0.1, -0.05) is 12.0 Å². The van der Waals surface area contributed by atoms with Crippen LogP contribution < -0.4 is 5.76 Å². The zero-order valence-corrected chi connectivity index (χ0v) is 7.16. The van der Waals surface area contributed by atoms with Crippen molar-refractivity contribution in [1.29, 1.82) is 0 Å². The van der Waals surface area contributed by atoms with E-state index >= 15 is 0 Å². The van der Waals surface area contributed by atoms with Gasteiger partial charge < -0.3 is 4.42 Å². The van der Waals surface area contributed by atoms with E-state index < -0.39 is 11.6 Å². The smallest absolute Gasteiger partial charge is 0.408 e. The Morgan fingerprint density at radius 1 is 1.57 bits per heavy atom. The van der Waals surface area contributed by atoms with Crippen LogP contribution in [0.5, 0.6) is 0 Å². The molecule has 0 aliphatic rings. The fourth-order valence-electron chi connectivity index (χ4n) is 1.32. The van der Waals surface area contributed by atoms with Gasteiger partial charge in [-0.15, -0.1) is 6.42 Å². The number of para-hydroxylation sites is 1. The molecule has 0 saturated heterocycles. The number of nitrogens with zero attached hydrogens (tertiary/aromatic N) is 1.